The van der Waals surface area contributed by atoms with E-state index in [1.165, 1.54) is 0 Å². The van der Waals surface area contributed by atoms with Gasteiger partial charge in [-0.2, -0.15) is 0 Å². The van der Waals surface area contributed by atoms with Crippen LogP contribution in [-0.4, -0.2) is 33.7 Å². The molecule has 3 rings (SSSR count). The van der Waals surface area contributed by atoms with Crippen LogP contribution in [0.4, 0.5) is 0 Å². The Morgan fingerprint density at radius 2 is 1.96 bits per heavy atom. The van der Waals surface area contributed by atoms with Crippen molar-refractivity contribution in [3.05, 3.63) is 65.4 Å². The Bertz CT molecular complexity index is 925. The number of imidazole rings is 1. The third-order valence-corrected chi connectivity index (χ3v) is 4.88. The van der Waals surface area contributed by atoms with E-state index in [9.17, 15) is 4.79 Å². The van der Waals surface area contributed by atoms with Gasteiger partial charge in [0.25, 0.3) is 5.91 Å². The first-order valence-electron chi connectivity index (χ1n) is 9.02. The van der Waals surface area contributed by atoms with Crippen LogP contribution in [0.1, 0.15) is 27.6 Å². The second-order valence-corrected chi connectivity index (χ2v) is 6.61. The predicted molar refractivity (Wildman–Crippen MR) is 106 cm³/mol. The van der Waals surface area contributed by atoms with Crippen LogP contribution in [0.2, 0.25) is 0 Å². The van der Waals surface area contributed by atoms with Gasteiger partial charge in [-0.1, -0.05) is 30.3 Å². The molecule has 0 saturated carbocycles. The number of methoxy groups -OCH3 is 1. The summed E-state index contributed by atoms with van der Waals surface area (Å²) in [6, 6.07) is 12.1. The third-order valence-electron chi connectivity index (χ3n) is 4.88. The SMILES string of the molecule is COCc1ncc(C)n1CCNC(=O)c1cc(-c2ccccc2)n(C)c1C. The van der Waals surface area contributed by atoms with E-state index in [1.807, 2.05) is 51.4 Å². The van der Waals surface area contributed by atoms with Crippen molar-refractivity contribution in [1.29, 1.82) is 0 Å². The number of amides is 1. The number of benzene rings is 1. The van der Waals surface area contributed by atoms with Gasteiger partial charge >= 0.3 is 0 Å². The first-order valence-corrected chi connectivity index (χ1v) is 9.02. The van der Waals surface area contributed by atoms with Crippen molar-refractivity contribution in [3.63, 3.8) is 0 Å². The number of rotatable bonds is 7. The molecule has 6 nitrogen and oxygen atoms in total. The molecule has 0 saturated heterocycles. The number of carbonyl (C=O) groups excluding carboxylic acids is 1. The van der Waals surface area contributed by atoms with E-state index in [2.05, 4.69) is 31.6 Å². The lowest BCUT2D eigenvalue weighted by Crippen LogP contribution is -2.28. The molecule has 27 heavy (non-hydrogen) atoms. The number of hydrogen-bond donors (Lipinski definition) is 1. The van der Waals surface area contributed by atoms with E-state index < -0.39 is 0 Å². The maximum atomic E-state index is 12.7. The Labute approximate surface area is 159 Å². The second-order valence-electron chi connectivity index (χ2n) is 6.61. The van der Waals surface area contributed by atoms with E-state index in [-0.39, 0.29) is 5.91 Å². The fourth-order valence-corrected chi connectivity index (χ4v) is 3.25. The zero-order valence-electron chi connectivity index (χ0n) is 16.3. The largest absolute Gasteiger partial charge is 0.377 e. The second kappa shape index (κ2) is 8.22. The molecule has 6 heteroatoms. The van der Waals surface area contributed by atoms with Gasteiger partial charge in [0.2, 0.25) is 0 Å². The van der Waals surface area contributed by atoms with Crippen molar-refractivity contribution in [1.82, 2.24) is 19.4 Å². The van der Waals surface area contributed by atoms with Crippen LogP contribution in [-0.2, 0) is 24.9 Å². The number of ether oxygens (including phenoxy) is 1. The molecule has 2 heterocycles. The van der Waals surface area contributed by atoms with Crippen molar-refractivity contribution in [2.24, 2.45) is 7.05 Å². The van der Waals surface area contributed by atoms with Crippen LogP contribution < -0.4 is 5.32 Å². The van der Waals surface area contributed by atoms with Gasteiger partial charge in [-0.05, 0) is 25.5 Å². The normalized spacial score (nSPS) is 11.0. The molecule has 0 fully saturated rings. The van der Waals surface area contributed by atoms with Gasteiger partial charge in [-0.25, -0.2) is 4.98 Å². The summed E-state index contributed by atoms with van der Waals surface area (Å²) in [5, 5.41) is 3.02. The molecule has 0 spiro atoms. The molecule has 1 N–H and O–H groups in total. The minimum Gasteiger partial charge on any atom is -0.377 e. The van der Waals surface area contributed by atoms with E-state index in [1.54, 1.807) is 7.11 Å². The van der Waals surface area contributed by atoms with Crippen LogP contribution in [0.5, 0.6) is 0 Å². The van der Waals surface area contributed by atoms with Crippen molar-refractivity contribution in [3.8, 4) is 11.3 Å². The quantitative estimate of drug-likeness (QED) is 0.699. The van der Waals surface area contributed by atoms with Gasteiger partial charge in [0.15, 0.2) is 0 Å². The Morgan fingerprint density at radius 3 is 2.67 bits per heavy atom. The van der Waals surface area contributed by atoms with Gasteiger partial charge in [0, 0.05) is 50.5 Å². The predicted octanol–water partition coefficient (Wildman–Crippen LogP) is 3.08. The molecule has 0 aliphatic rings. The van der Waals surface area contributed by atoms with Crippen molar-refractivity contribution >= 4 is 5.91 Å². The molecule has 0 atom stereocenters. The smallest absolute Gasteiger partial charge is 0.253 e. The van der Waals surface area contributed by atoms with Crippen molar-refractivity contribution in [2.45, 2.75) is 27.0 Å². The standard InChI is InChI=1S/C21H26N4O2/c1-15-13-23-20(14-27-4)25(15)11-10-22-21(26)18-12-19(24(3)16(18)2)17-8-6-5-7-9-17/h5-9,12-13H,10-11,14H2,1-4H3,(H,22,26). The molecule has 1 aromatic carbocycles. The summed E-state index contributed by atoms with van der Waals surface area (Å²) in [6.45, 7) is 5.62. The van der Waals surface area contributed by atoms with Gasteiger partial charge in [0.05, 0.1) is 5.56 Å². The molecular formula is C21H26N4O2. The van der Waals surface area contributed by atoms with Crippen LogP contribution in [0.15, 0.2) is 42.6 Å². The zero-order chi connectivity index (χ0) is 19.4. The van der Waals surface area contributed by atoms with Gasteiger partial charge < -0.3 is 19.2 Å². The first kappa shape index (κ1) is 18.9. The molecule has 1 amide bonds. The summed E-state index contributed by atoms with van der Waals surface area (Å²) < 4.78 is 9.30. The summed E-state index contributed by atoms with van der Waals surface area (Å²) in [4.78, 5) is 17.1. The number of nitrogens with zero attached hydrogens (tertiary/aromatic N) is 3. The molecule has 3 aromatic rings. The highest BCUT2D eigenvalue weighted by molar-refractivity contribution is 5.96. The monoisotopic (exact) mass is 366 g/mol. The number of aryl methyl sites for hydroxylation is 1. The topological polar surface area (TPSA) is 61.1 Å². The highest BCUT2D eigenvalue weighted by Gasteiger charge is 2.16. The summed E-state index contributed by atoms with van der Waals surface area (Å²) >= 11 is 0. The highest BCUT2D eigenvalue weighted by Crippen LogP contribution is 2.24. The first-order chi connectivity index (χ1) is 13.0. The van der Waals surface area contributed by atoms with Crippen molar-refractivity contribution < 1.29 is 9.53 Å². The zero-order valence-corrected chi connectivity index (χ0v) is 16.3. The number of carbonyl (C=O) groups is 1. The molecule has 0 bridgehead atoms. The Hall–Kier alpha value is -2.86. The molecule has 0 aliphatic heterocycles. The maximum Gasteiger partial charge on any atom is 0.253 e. The summed E-state index contributed by atoms with van der Waals surface area (Å²) in [6.07, 6.45) is 1.82. The minimum absolute atomic E-state index is 0.0589. The Balaban J connectivity index is 1.70. The van der Waals surface area contributed by atoms with Gasteiger partial charge in [-0.3, -0.25) is 4.79 Å². The molecule has 0 radical (unpaired) electrons. The third kappa shape index (κ3) is 3.95. The van der Waals surface area contributed by atoms with Crippen LogP contribution in [0.3, 0.4) is 0 Å². The van der Waals surface area contributed by atoms with E-state index >= 15 is 0 Å². The van der Waals surface area contributed by atoms with E-state index in [0.717, 1.165) is 28.5 Å². The Kier molecular flexibility index (Phi) is 5.76. The number of hydrogen-bond acceptors (Lipinski definition) is 3. The fourth-order valence-electron chi connectivity index (χ4n) is 3.25. The summed E-state index contributed by atoms with van der Waals surface area (Å²) in [7, 11) is 3.64. The minimum atomic E-state index is -0.0589. The molecule has 2 aromatic heterocycles. The van der Waals surface area contributed by atoms with E-state index in [0.29, 0.717) is 25.3 Å². The average Bonchev–Trinajstić information content (AvgIpc) is 3.17. The highest BCUT2D eigenvalue weighted by atomic mass is 16.5. The van der Waals surface area contributed by atoms with E-state index in [4.69, 9.17) is 4.74 Å². The Morgan fingerprint density at radius 1 is 1.22 bits per heavy atom. The lowest BCUT2D eigenvalue weighted by atomic mass is 10.1. The lowest BCUT2D eigenvalue weighted by Gasteiger charge is -2.11. The maximum absolute atomic E-state index is 12.7. The summed E-state index contributed by atoms with van der Waals surface area (Å²) in [5.41, 5.74) is 4.84. The van der Waals surface area contributed by atoms with Gasteiger partial charge in [0.1, 0.15) is 12.4 Å². The lowest BCUT2D eigenvalue weighted by molar-refractivity contribution is 0.0951. The van der Waals surface area contributed by atoms with Crippen LogP contribution in [0.25, 0.3) is 11.3 Å². The molecule has 0 unspecified atom stereocenters. The van der Waals surface area contributed by atoms with Crippen molar-refractivity contribution in [2.75, 3.05) is 13.7 Å². The van der Waals surface area contributed by atoms with Crippen LogP contribution >= 0.6 is 0 Å². The average molecular weight is 366 g/mol. The molecular weight excluding hydrogens is 340 g/mol. The molecule has 142 valence electrons. The fraction of sp³-hybridized carbons (Fsp3) is 0.333. The number of nitrogens with one attached hydrogen (secondary N) is 1. The number of aromatic nitrogens is 3. The van der Waals surface area contributed by atoms with Gasteiger partial charge in [-0.15, -0.1) is 0 Å². The summed E-state index contributed by atoms with van der Waals surface area (Å²) in [5.74, 6) is 0.808. The van der Waals surface area contributed by atoms with Crippen LogP contribution in [0, 0.1) is 13.8 Å². The molecule has 0 aliphatic carbocycles.